The first kappa shape index (κ1) is 13.7. The van der Waals surface area contributed by atoms with E-state index in [1.54, 1.807) is 17.5 Å². The first-order valence-electron chi connectivity index (χ1n) is 6.25. The van der Waals surface area contributed by atoms with Crippen LogP contribution in [0.15, 0.2) is 34.4 Å². The van der Waals surface area contributed by atoms with E-state index in [-0.39, 0.29) is 24.5 Å². The summed E-state index contributed by atoms with van der Waals surface area (Å²) in [6.45, 7) is 0.251. The number of nitrogens with one attached hydrogen (secondary N) is 1. The van der Waals surface area contributed by atoms with Crippen LogP contribution < -0.4 is 16.0 Å². The van der Waals surface area contributed by atoms with Gasteiger partial charge >= 0.3 is 0 Å². The summed E-state index contributed by atoms with van der Waals surface area (Å²) in [5.74, 6) is -0.0367. The zero-order valence-corrected chi connectivity index (χ0v) is 11.7. The van der Waals surface area contributed by atoms with Gasteiger partial charge < -0.3 is 15.5 Å². The maximum Gasteiger partial charge on any atom is 0.268 e. The van der Waals surface area contributed by atoms with E-state index < -0.39 is 5.82 Å². The van der Waals surface area contributed by atoms with E-state index in [2.05, 4.69) is 9.97 Å². The van der Waals surface area contributed by atoms with Gasteiger partial charge in [-0.15, -0.1) is 11.3 Å². The first-order chi connectivity index (χ1) is 10.2. The number of benzene rings is 1. The van der Waals surface area contributed by atoms with Gasteiger partial charge in [-0.1, -0.05) is 6.07 Å². The standard InChI is InChI=1S/C14H12FN3O2S/c15-9-5-8(6-16)1-2-11(9)20-7-12-17-10-3-4-21-13(10)14(19)18-12/h1-5H,6-7,16H2,(H,17,18,19). The van der Waals surface area contributed by atoms with E-state index in [1.165, 1.54) is 23.5 Å². The number of nitrogens with zero attached hydrogens (tertiary/aromatic N) is 1. The van der Waals surface area contributed by atoms with Crippen LogP contribution in [0.3, 0.4) is 0 Å². The zero-order chi connectivity index (χ0) is 14.8. The molecule has 0 radical (unpaired) electrons. The molecule has 2 aromatic heterocycles. The normalized spacial score (nSPS) is 11.0. The fourth-order valence-electron chi connectivity index (χ4n) is 1.92. The van der Waals surface area contributed by atoms with Crippen molar-refractivity contribution in [3.63, 3.8) is 0 Å². The Morgan fingerprint density at radius 1 is 1.38 bits per heavy atom. The van der Waals surface area contributed by atoms with Crippen molar-refractivity contribution < 1.29 is 9.13 Å². The SMILES string of the molecule is NCc1ccc(OCc2nc3ccsc3c(=O)[nH]2)c(F)c1. The lowest BCUT2D eigenvalue weighted by atomic mass is 10.2. The molecule has 0 unspecified atom stereocenters. The summed E-state index contributed by atoms with van der Waals surface area (Å²) in [7, 11) is 0. The average Bonchev–Trinajstić information content (AvgIpc) is 2.95. The van der Waals surface area contributed by atoms with Crippen LogP contribution >= 0.6 is 11.3 Å². The van der Waals surface area contributed by atoms with Crippen LogP contribution in [0.4, 0.5) is 4.39 Å². The van der Waals surface area contributed by atoms with Gasteiger partial charge in [-0.2, -0.15) is 0 Å². The topological polar surface area (TPSA) is 81.0 Å². The Kier molecular flexibility index (Phi) is 3.68. The zero-order valence-electron chi connectivity index (χ0n) is 10.9. The van der Waals surface area contributed by atoms with Gasteiger partial charge in [0.15, 0.2) is 11.6 Å². The van der Waals surface area contributed by atoms with Gasteiger partial charge in [-0.05, 0) is 29.1 Å². The van der Waals surface area contributed by atoms with Gasteiger partial charge in [0.1, 0.15) is 17.1 Å². The molecular weight excluding hydrogens is 293 g/mol. The van der Waals surface area contributed by atoms with Gasteiger partial charge in [0, 0.05) is 6.54 Å². The largest absolute Gasteiger partial charge is 0.483 e. The molecule has 0 aliphatic rings. The average molecular weight is 305 g/mol. The Labute approximate surface area is 123 Å². The number of rotatable bonds is 4. The molecule has 0 amide bonds. The van der Waals surface area contributed by atoms with Crippen LogP contribution in [0.5, 0.6) is 5.75 Å². The maximum atomic E-state index is 13.8. The van der Waals surface area contributed by atoms with Crippen LogP contribution in [0.1, 0.15) is 11.4 Å². The lowest BCUT2D eigenvalue weighted by molar-refractivity contribution is 0.281. The molecule has 21 heavy (non-hydrogen) atoms. The molecule has 0 aliphatic carbocycles. The number of aromatic amines is 1. The number of ether oxygens (including phenoxy) is 1. The molecule has 0 atom stereocenters. The summed E-state index contributed by atoms with van der Waals surface area (Å²) >= 11 is 1.32. The van der Waals surface area contributed by atoms with E-state index in [1.807, 2.05) is 0 Å². The number of nitrogens with two attached hydrogens (primary N) is 1. The van der Waals surface area contributed by atoms with Gasteiger partial charge in [0.05, 0.1) is 5.52 Å². The van der Waals surface area contributed by atoms with Crippen LogP contribution in [0.2, 0.25) is 0 Å². The van der Waals surface area contributed by atoms with Crippen molar-refractivity contribution in [2.24, 2.45) is 5.73 Å². The Morgan fingerprint density at radius 3 is 3.00 bits per heavy atom. The summed E-state index contributed by atoms with van der Waals surface area (Å²) in [6, 6.07) is 6.29. The molecule has 0 spiro atoms. The second kappa shape index (κ2) is 5.63. The van der Waals surface area contributed by atoms with Gasteiger partial charge in [0.2, 0.25) is 0 Å². The van der Waals surface area contributed by atoms with Gasteiger partial charge in [-0.25, -0.2) is 9.37 Å². The lowest BCUT2D eigenvalue weighted by Gasteiger charge is -2.07. The minimum Gasteiger partial charge on any atom is -0.483 e. The molecule has 3 rings (SSSR count). The predicted molar refractivity (Wildman–Crippen MR) is 78.9 cm³/mol. The van der Waals surface area contributed by atoms with Crippen molar-refractivity contribution in [3.05, 3.63) is 57.2 Å². The van der Waals surface area contributed by atoms with Gasteiger partial charge in [-0.3, -0.25) is 4.79 Å². The summed E-state index contributed by atoms with van der Waals surface area (Å²) in [5, 5.41) is 1.79. The molecule has 1 aromatic carbocycles. The molecule has 0 saturated heterocycles. The predicted octanol–water partition coefficient (Wildman–Crippen LogP) is 2.16. The van der Waals surface area contributed by atoms with E-state index in [4.69, 9.17) is 10.5 Å². The van der Waals surface area contributed by atoms with Crippen molar-refractivity contribution in [3.8, 4) is 5.75 Å². The monoisotopic (exact) mass is 305 g/mol. The number of halogens is 1. The number of hydrogen-bond donors (Lipinski definition) is 2. The number of thiophene rings is 1. The second-order valence-electron chi connectivity index (χ2n) is 4.41. The lowest BCUT2D eigenvalue weighted by Crippen LogP contribution is -2.12. The second-order valence-corrected chi connectivity index (χ2v) is 5.32. The highest BCUT2D eigenvalue weighted by molar-refractivity contribution is 7.17. The smallest absolute Gasteiger partial charge is 0.268 e. The molecular formula is C14H12FN3O2S. The van der Waals surface area contributed by atoms with Crippen molar-refractivity contribution >= 4 is 21.6 Å². The number of aromatic nitrogens is 2. The third-order valence-electron chi connectivity index (χ3n) is 2.96. The molecule has 7 heteroatoms. The fraction of sp³-hybridized carbons (Fsp3) is 0.143. The molecule has 0 aliphatic heterocycles. The minimum atomic E-state index is -0.489. The quantitative estimate of drug-likeness (QED) is 0.774. The van der Waals surface area contributed by atoms with E-state index in [0.29, 0.717) is 21.6 Å². The Hall–Kier alpha value is -2.25. The molecule has 2 heterocycles. The molecule has 0 bridgehead atoms. The third-order valence-corrected chi connectivity index (χ3v) is 3.86. The highest BCUT2D eigenvalue weighted by Gasteiger charge is 2.08. The molecule has 3 aromatic rings. The van der Waals surface area contributed by atoms with Crippen molar-refractivity contribution in [1.82, 2.24) is 9.97 Å². The number of fused-ring (bicyclic) bond motifs is 1. The minimum absolute atomic E-state index is 0.0140. The maximum absolute atomic E-state index is 13.8. The van der Waals surface area contributed by atoms with Crippen LogP contribution in [0.25, 0.3) is 10.2 Å². The van der Waals surface area contributed by atoms with Crippen LogP contribution in [0, 0.1) is 5.82 Å². The molecule has 3 N–H and O–H groups in total. The summed E-state index contributed by atoms with van der Waals surface area (Å²) < 4.78 is 19.7. The highest BCUT2D eigenvalue weighted by atomic mass is 32.1. The Morgan fingerprint density at radius 2 is 2.24 bits per heavy atom. The van der Waals surface area contributed by atoms with Crippen molar-refractivity contribution in [1.29, 1.82) is 0 Å². The first-order valence-corrected chi connectivity index (χ1v) is 7.13. The van der Waals surface area contributed by atoms with Crippen molar-refractivity contribution in [2.75, 3.05) is 0 Å². The van der Waals surface area contributed by atoms with Gasteiger partial charge in [0.25, 0.3) is 5.56 Å². The fourth-order valence-corrected chi connectivity index (χ4v) is 2.65. The summed E-state index contributed by atoms with van der Waals surface area (Å²) in [6.07, 6.45) is 0. The molecule has 5 nitrogen and oxygen atoms in total. The highest BCUT2D eigenvalue weighted by Crippen LogP contribution is 2.19. The summed E-state index contributed by atoms with van der Waals surface area (Å²) in [4.78, 5) is 18.7. The van der Waals surface area contributed by atoms with Crippen LogP contribution in [-0.4, -0.2) is 9.97 Å². The Balaban J connectivity index is 1.81. The molecule has 0 saturated carbocycles. The summed E-state index contributed by atoms with van der Waals surface area (Å²) in [5.41, 5.74) is 6.52. The van der Waals surface area contributed by atoms with E-state index >= 15 is 0 Å². The number of H-pyrrole nitrogens is 1. The Bertz CT molecular complexity index is 844. The molecule has 108 valence electrons. The van der Waals surface area contributed by atoms with Crippen molar-refractivity contribution in [2.45, 2.75) is 13.2 Å². The van der Waals surface area contributed by atoms with E-state index in [0.717, 1.165) is 0 Å². The van der Waals surface area contributed by atoms with Crippen LogP contribution in [-0.2, 0) is 13.2 Å². The third kappa shape index (κ3) is 2.79. The van der Waals surface area contributed by atoms with E-state index in [9.17, 15) is 9.18 Å². The number of hydrogen-bond acceptors (Lipinski definition) is 5. The molecule has 0 fully saturated rings.